The number of rotatable bonds is 6. The molecule has 6 nitrogen and oxygen atoms in total. The van der Waals surface area contributed by atoms with Crippen LogP contribution < -0.4 is 10.1 Å². The summed E-state index contributed by atoms with van der Waals surface area (Å²) in [6.45, 7) is 5.30. The molecule has 1 amide bonds. The zero-order valence-electron chi connectivity index (χ0n) is 14.8. The minimum Gasteiger partial charge on any atom is -0.491 e. The molecule has 1 aromatic carbocycles. The van der Waals surface area contributed by atoms with Crippen LogP contribution in [0.3, 0.4) is 0 Å². The molecular formula is C18H24FN3O3. The number of amides is 1. The fourth-order valence-electron chi connectivity index (χ4n) is 3.05. The molecule has 0 bridgehead atoms. The van der Waals surface area contributed by atoms with Gasteiger partial charge in [-0.3, -0.25) is 10.1 Å². The van der Waals surface area contributed by atoms with Crippen molar-refractivity contribution >= 4 is 22.9 Å². The highest BCUT2D eigenvalue weighted by Gasteiger charge is 2.29. The molecule has 25 heavy (non-hydrogen) atoms. The van der Waals surface area contributed by atoms with Crippen LogP contribution in [0.2, 0.25) is 0 Å². The number of hydrogen-bond donors (Lipinski definition) is 2. The third kappa shape index (κ3) is 3.61. The van der Waals surface area contributed by atoms with E-state index in [2.05, 4.69) is 10.3 Å². The number of halogens is 1. The minimum absolute atomic E-state index is 0.0620. The monoisotopic (exact) mass is 349 g/mol. The van der Waals surface area contributed by atoms with Gasteiger partial charge in [0.25, 0.3) is 0 Å². The maximum atomic E-state index is 14.9. The second kappa shape index (κ2) is 6.63. The third-order valence-electron chi connectivity index (χ3n) is 4.34. The van der Waals surface area contributed by atoms with Crippen molar-refractivity contribution in [1.29, 1.82) is 0 Å². The lowest BCUT2D eigenvalue weighted by atomic mass is 9.92. The lowest BCUT2D eigenvalue weighted by Crippen LogP contribution is -2.29. The van der Waals surface area contributed by atoms with Gasteiger partial charge in [-0.15, -0.1) is 0 Å². The average Bonchev–Trinajstić information content (AvgIpc) is 2.77. The van der Waals surface area contributed by atoms with Crippen molar-refractivity contribution in [2.45, 2.75) is 58.1 Å². The van der Waals surface area contributed by atoms with E-state index in [0.717, 1.165) is 19.3 Å². The van der Waals surface area contributed by atoms with Gasteiger partial charge in [0.1, 0.15) is 5.52 Å². The van der Waals surface area contributed by atoms with Crippen LogP contribution in [0.15, 0.2) is 12.1 Å². The van der Waals surface area contributed by atoms with E-state index in [9.17, 15) is 14.3 Å². The first-order valence-corrected chi connectivity index (χ1v) is 8.65. The van der Waals surface area contributed by atoms with Crippen LogP contribution in [-0.4, -0.2) is 32.8 Å². The van der Waals surface area contributed by atoms with E-state index >= 15 is 0 Å². The first-order valence-electron chi connectivity index (χ1n) is 8.65. The third-order valence-corrected chi connectivity index (χ3v) is 4.34. The zero-order valence-corrected chi connectivity index (χ0v) is 14.8. The zero-order chi connectivity index (χ0) is 18.2. The topological polar surface area (TPSA) is 76.4 Å². The van der Waals surface area contributed by atoms with E-state index in [1.807, 2.05) is 0 Å². The summed E-state index contributed by atoms with van der Waals surface area (Å²) < 4.78 is 22.0. The minimum atomic E-state index is -1.12. The lowest BCUT2D eigenvalue weighted by Gasteiger charge is -2.29. The Morgan fingerprint density at radius 1 is 1.48 bits per heavy atom. The summed E-state index contributed by atoms with van der Waals surface area (Å²) >= 11 is 0. The molecule has 0 radical (unpaired) electrons. The van der Waals surface area contributed by atoms with Crippen molar-refractivity contribution < 1.29 is 19.0 Å². The van der Waals surface area contributed by atoms with E-state index in [1.54, 1.807) is 37.5 Å². The highest BCUT2D eigenvalue weighted by Crippen LogP contribution is 2.39. The molecule has 0 unspecified atom stereocenters. The molecule has 1 aliphatic carbocycles. The van der Waals surface area contributed by atoms with Crippen molar-refractivity contribution in [2.24, 2.45) is 0 Å². The van der Waals surface area contributed by atoms with Gasteiger partial charge in [-0.05, 0) is 52.2 Å². The fraction of sp³-hybridized carbons (Fsp3) is 0.556. The number of carbonyl (C=O) groups is 1. The van der Waals surface area contributed by atoms with Crippen molar-refractivity contribution in [1.82, 2.24) is 9.55 Å². The lowest BCUT2D eigenvalue weighted by molar-refractivity contribution is -0.119. The Kier molecular flexibility index (Phi) is 4.69. The number of ether oxygens (including phenoxy) is 1. The van der Waals surface area contributed by atoms with Crippen LogP contribution >= 0.6 is 0 Å². The van der Waals surface area contributed by atoms with Crippen molar-refractivity contribution in [2.75, 3.05) is 11.9 Å². The molecule has 0 saturated heterocycles. The summed E-state index contributed by atoms with van der Waals surface area (Å²) in [5.41, 5.74) is -0.286. The molecule has 136 valence electrons. The Morgan fingerprint density at radius 2 is 2.20 bits per heavy atom. The molecule has 1 aliphatic rings. The van der Waals surface area contributed by atoms with Gasteiger partial charge in [0.15, 0.2) is 11.6 Å². The quantitative estimate of drug-likeness (QED) is 0.838. The second-order valence-electron chi connectivity index (χ2n) is 7.11. The first kappa shape index (κ1) is 17.7. The summed E-state index contributed by atoms with van der Waals surface area (Å²) in [7, 11) is 0. The van der Waals surface area contributed by atoms with Crippen LogP contribution in [0.25, 0.3) is 11.0 Å². The molecule has 1 heterocycles. The number of nitrogens with zero attached hydrogens (tertiary/aromatic N) is 2. The molecular weight excluding hydrogens is 325 g/mol. The smallest absolute Gasteiger partial charge is 0.229 e. The molecule has 1 fully saturated rings. The van der Waals surface area contributed by atoms with Crippen molar-refractivity contribution in [3.63, 3.8) is 0 Å². The average molecular weight is 349 g/mol. The Morgan fingerprint density at radius 3 is 2.76 bits per heavy atom. The number of nitrogens with one attached hydrogen (secondary N) is 1. The molecule has 0 atom stereocenters. The van der Waals surface area contributed by atoms with Gasteiger partial charge in [0.2, 0.25) is 11.9 Å². The number of carbonyl (C=O) groups excluding carboxylic acids is 1. The number of hydrogen-bond acceptors (Lipinski definition) is 4. The number of aromatic nitrogens is 2. The highest BCUT2D eigenvalue weighted by molar-refractivity contribution is 5.92. The van der Waals surface area contributed by atoms with E-state index in [1.165, 1.54) is 0 Å². The Hall–Kier alpha value is -2.15. The second-order valence-corrected chi connectivity index (χ2v) is 7.11. The molecule has 3 rings (SSSR count). The largest absolute Gasteiger partial charge is 0.491 e. The molecule has 1 aromatic heterocycles. The molecule has 2 aromatic rings. The predicted octanol–water partition coefficient (Wildman–Crippen LogP) is 3.40. The number of aliphatic hydroxyl groups is 1. The summed E-state index contributed by atoms with van der Waals surface area (Å²) in [5, 5.41) is 12.5. The van der Waals surface area contributed by atoms with E-state index in [0.29, 0.717) is 23.6 Å². The first-order chi connectivity index (χ1) is 11.8. The van der Waals surface area contributed by atoms with Crippen LogP contribution in [0.5, 0.6) is 5.75 Å². The fourth-order valence-corrected chi connectivity index (χ4v) is 3.05. The van der Waals surface area contributed by atoms with Gasteiger partial charge in [-0.1, -0.05) is 0 Å². The summed E-state index contributed by atoms with van der Waals surface area (Å²) in [4.78, 5) is 16.6. The van der Waals surface area contributed by atoms with Gasteiger partial charge in [-0.2, -0.15) is 0 Å². The number of fused-ring (bicyclic) bond motifs is 1. The van der Waals surface area contributed by atoms with Crippen LogP contribution in [0.1, 0.15) is 52.5 Å². The predicted molar refractivity (Wildman–Crippen MR) is 93.3 cm³/mol. The van der Waals surface area contributed by atoms with E-state index in [-0.39, 0.29) is 24.1 Å². The van der Waals surface area contributed by atoms with Gasteiger partial charge < -0.3 is 14.4 Å². The van der Waals surface area contributed by atoms with Crippen molar-refractivity contribution in [3.8, 4) is 5.75 Å². The number of imidazole rings is 1. The van der Waals surface area contributed by atoms with E-state index in [4.69, 9.17) is 4.74 Å². The number of anilines is 1. The van der Waals surface area contributed by atoms with Crippen LogP contribution in [0.4, 0.5) is 10.3 Å². The Labute approximate surface area is 146 Å². The SMILES string of the molecule is CCOc1ccc2nc(NC(=O)CC(C)(C)O)n(C3CCC3)c2c1F. The molecule has 1 saturated carbocycles. The van der Waals surface area contributed by atoms with Gasteiger partial charge >= 0.3 is 0 Å². The van der Waals surface area contributed by atoms with Gasteiger partial charge in [-0.25, -0.2) is 9.37 Å². The Balaban J connectivity index is 2.03. The van der Waals surface area contributed by atoms with Crippen molar-refractivity contribution in [3.05, 3.63) is 17.9 Å². The molecule has 2 N–H and O–H groups in total. The maximum Gasteiger partial charge on any atom is 0.229 e. The molecule has 0 aliphatic heterocycles. The molecule has 7 heteroatoms. The highest BCUT2D eigenvalue weighted by atomic mass is 19.1. The number of benzene rings is 1. The summed E-state index contributed by atoms with van der Waals surface area (Å²) in [5.74, 6) is -0.304. The van der Waals surface area contributed by atoms with Gasteiger partial charge in [0, 0.05) is 6.04 Å². The Bertz CT molecular complexity index is 791. The van der Waals surface area contributed by atoms with Crippen LogP contribution in [0, 0.1) is 5.82 Å². The van der Waals surface area contributed by atoms with E-state index < -0.39 is 11.4 Å². The summed E-state index contributed by atoms with van der Waals surface area (Å²) in [6.07, 6.45) is 2.83. The van der Waals surface area contributed by atoms with Crippen LogP contribution in [-0.2, 0) is 4.79 Å². The summed E-state index contributed by atoms with van der Waals surface area (Å²) in [6, 6.07) is 3.36. The van der Waals surface area contributed by atoms with Gasteiger partial charge in [0.05, 0.1) is 24.1 Å². The normalized spacial score (nSPS) is 15.2. The maximum absolute atomic E-state index is 14.9. The molecule has 0 spiro atoms. The standard InChI is InChI=1S/C18H24FN3O3/c1-4-25-13-9-8-12-16(15(13)19)22(11-6-5-7-11)17(20-12)21-14(23)10-18(2,3)24/h8-9,11,24H,4-7,10H2,1-3H3,(H,20,21,23).